The second-order valence-electron chi connectivity index (χ2n) is 8.89. The number of carboxylic acid groups (broad SMARTS) is 1. The van der Waals surface area contributed by atoms with Crippen molar-refractivity contribution in [2.75, 3.05) is 13.2 Å². The van der Waals surface area contributed by atoms with Gasteiger partial charge in [0.15, 0.2) is 0 Å². The fourth-order valence-electron chi connectivity index (χ4n) is 4.08. The van der Waals surface area contributed by atoms with Crippen LogP contribution in [0.4, 0.5) is 0 Å². The molecule has 7 nitrogen and oxygen atoms in total. The molecule has 0 unspecified atom stereocenters. The van der Waals surface area contributed by atoms with Crippen LogP contribution in [-0.2, 0) is 10.2 Å². The van der Waals surface area contributed by atoms with Gasteiger partial charge < -0.3 is 14.7 Å². The molecule has 3 rings (SSSR count). The van der Waals surface area contributed by atoms with E-state index in [0.717, 1.165) is 31.2 Å². The van der Waals surface area contributed by atoms with E-state index in [1.807, 2.05) is 20.8 Å². The van der Waals surface area contributed by atoms with Crippen molar-refractivity contribution in [3.63, 3.8) is 0 Å². The van der Waals surface area contributed by atoms with Crippen LogP contribution < -0.4 is 10.1 Å². The SMILES string of the molecule is CC(C)(C)c1cc(C(=O)O)ccc1OC[C@H]1CC[C@H](C(=O)N2CCC[C@H]2C#N)N1. The first kappa shape index (κ1) is 21.1. The zero-order chi connectivity index (χ0) is 21.2. The average molecular weight is 399 g/mol. The van der Waals surface area contributed by atoms with Crippen LogP contribution >= 0.6 is 0 Å². The van der Waals surface area contributed by atoms with Gasteiger partial charge in [0, 0.05) is 18.2 Å². The third-order valence-corrected chi connectivity index (χ3v) is 5.70. The van der Waals surface area contributed by atoms with E-state index < -0.39 is 5.97 Å². The maximum Gasteiger partial charge on any atom is 0.335 e. The van der Waals surface area contributed by atoms with Gasteiger partial charge in [-0.05, 0) is 49.3 Å². The van der Waals surface area contributed by atoms with E-state index >= 15 is 0 Å². The lowest BCUT2D eigenvalue weighted by atomic mass is 9.85. The molecule has 2 aliphatic heterocycles. The largest absolute Gasteiger partial charge is 0.492 e. The second-order valence-corrected chi connectivity index (χ2v) is 8.89. The number of nitrogens with one attached hydrogen (secondary N) is 1. The lowest BCUT2D eigenvalue weighted by Gasteiger charge is -2.25. The van der Waals surface area contributed by atoms with Crippen LogP contribution in [0.15, 0.2) is 18.2 Å². The number of carbonyl (C=O) groups is 2. The van der Waals surface area contributed by atoms with Crippen LogP contribution in [0.3, 0.4) is 0 Å². The van der Waals surface area contributed by atoms with Gasteiger partial charge in [-0.15, -0.1) is 0 Å². The summed E-state index contributed by atoms with van der Waals surface area (Å²) in [5.41, 5.74) is 0.825. The van der Waals surface area contributed by atoms with Crippen molar-refractivity contribution in [1.82, 2.24) is 10.2 Å². The van der Waals surface area contributed by atoms with Crippen molar-refractivity contribution in [2.45, 2.75) is 70.0 Å². The smallest absolute Gasteiger partial charge is 0.335 e. The molecular weight excluding hydrogens is 370 g/mol. The summed E-state index contributed by atoms with van der Waals surface area (Å²) in [6.45, 7) is 7.11. The molecule has 2 aliphatic rings. The second kappa shape index (κ2) is 8.42. The van der Waals surface area contributed by atoms with E-state index in [0.29, 0.717) is 18.9 Å². The molecule has 1 aromatic rings. The van der Waals surface area contributed by atoms with E-state index in [4.69, 9.17) is 4.74 Å². The molecule has 2 N–H and O–H groups in total. The quantitative estimate of drug-likeness (QED) is 0.789. The van der Waals surface area contributed by atoms with E-state index in [-0.39, 0.29) is 35.0 Å². The Morgan fingerprint density at radius 1 is 1.31 bits per heavy atom. The molecule has 1 aromatic carbocycles. The Morgan fingerprint density at radius 3 is 2.72 bits per heavy atom. The molecule has 156 valence electrons. The van der Waals surface area contributed by atoms with Crippen molar-refractivity contribution in [2.24, 2.45) is 0 Å². The number of rotatable bonds is 5. The van der Waals surface area contributed by atoms with Crippen molar-refractivity contribution in [1.29, 1.82) is 5.26 Å². The summed E-state index contributed by atoms with van der Waals surface area (Å²) in [5.74, 6) is -0.278. The number of likely N-dealkylation sites (tertiary alicyclic amines) is 1. The summed E-state index contributed by atoms with van der Waals surface area (Å²) < 4.78 is 6.05. The average Bonchev–Trinajstić information content (AvgIpc) is 3.34. The number of nitriles is 1. The number of nitrogens with zero attached hydrogens (tertiary/aromatic N) is 2. The van der Waals surface area contributed by atoms with Crippen LogP contribution in [0.25, 0.3) is 0 Å². The summed E-state index contributed by atoms with van der Waals surface area (Å²) in [5, 5.41) is 21.8. The third kappa shape index (κ3) is 4.70. The Morgan fingerprint density at radius 2 is 2.07 bits per heavy atom. The molecule has 0 aliphatic carbocycles. The molecule has 2 heterocycles. The topological polar surface area (TPSA) is 103 Å². The van der Waals surface area contributed by atoms with Crippen LogP contribution in [0, 0.1) is 11.3 Å². The maximum absolute atomic E-state index is 12.7. The number of amides is 1. The van der Waals surface area contributed by atoms with Gasteiger partial charge in [0.1, 0.15) is 18.4 Å². The van der Waals surface area contributed by atoms with Crippen LogP contribution in [0.1, 0.15) is 62.4 Å². The zero-order valence-electron chi connectivity index (χ0n) is 17.3. The molecule has 7 heteroatoms. The number of hydrogen-bond acceptors (Lipinski definition) is 5. The van der Waals surface area contributed by atoms with Crippen molar-refractivity contribution >= 4 is 11.9 Å². The summed E-state index contributed by atoms with van der Waals surface area (Å²) in [4.78, 5) is 25.7. The minimum Gasteiger partial charge on any atom is -0.492 e. The van der Waals surface area contributed by atoms with Crippen LogP contribution in [0.2, 0.25) is 0 Å². The predicted molar refractivity (Wildman–Crippen MR) is 108 cm³/mol. The van der Waals surface area contributed by atoms with Gasteiger partial charge in [-0.3, -0.25) is 10.1 Å². The van der Waals surface area contributed by atoms with Crippen molar-refractivity contribution in [3.8, 4) is 11.8 Å². The van der Waals surface area contributed by atoms with Crippen LogP contribution in [-0.4, -0.2) is 53.2 Å². The van der Waals surface area contributed by atoms with E-state index in [9.17, 15) is 20.0 Å². The van der Waals surface area contributed by atoms with Gasteiger partial charge >= 0.3 is 5.97 Å². The first-order chi connectivity index (χ1) is 13.7. The molecule has 0 radical (unpaired) electrons. The molecule has 2 fully saturated rings. The van der Waals surface area contributed by atoms with Crippen molar-refractivity contribution in [3.05, 3.63) is 29.3 Å². The van der Waals surface area contributed by atoms with Gasteiger partial charge in [-0.1, -0.05) is 20.8 Å². The number of aromatic carboxylic acids is 1. The Labute approximate surface area is 171 Å². The summed E-state index contributed by atoms with van der Waals surface area (Å²) >= 11 is 0. The monoisotopic (exact) mass is 399 g/mol. The number of carboxylic acids is 1. The zero-order valence-corrected chi connectivity index (χ0v) is 17.3. The van der Waals surface area contributed by atoms with E-state index in [1.165, 1.54) is 0 Å². The highest BCUT2D eigenvalue weighted by Gasteiger charge is 2.37. The summed E-state index contributed by atoms with van der Waals surface area (Å²) in [7, 11) is 0. The molecule has 0 saturated carbocycles. The Kier molecular flexibility index (Phi) is 6.13. The molecule has 2 saturated heterocycles. The summed E-state index contributed by atoms with van der Waals surface area (Å²) in [6.07, 6.45) is 3.18. The number of hydrogen-bond donors (Lipinski definition) is 2. The standard InChI is InChI=1S/C22H29N3O4/c1-22(2,3)17-11-14(21(27)28)6-9-19(17)29-13-15-7-8-18(24-15)20(26)25-10-4-5-16(25)12-23/h6,9,11,15-16,18,24H,4-5,7-8,10,13H2,1-3H3,(H,27,28)/t15-,16+,18-/m1/s1. The number of ether oxygens (including phenoxy) is 1. The van der Waals surface area contributed by atoms with E-state index in [1.54, 1.807) is 23.1 Å². The molecule has 0 bridgehead atoms. The van der Waals surface area contributed by atoms with E-state index in [2.05, 4.69) is 11.4 Å². The van der Waals surface area contributed by atoms with Crippen LogP contribution in [0.5, 0.6) is 5.75 Å². The molecular formula is C22H29N3O4. The fraction of sp³-hybridized carbons (Fsp3) is 0.591. The van der Waals surface area contributed by atoms with Gasteiger partial charge in [0.05, 0.1) is 17.7 Å². The minimum atomic E-state index is -0.960. The molecule has 1 amide bonds. The molecule has 3 atom stereocenters. The fourth-order valence-corrected chi connectivity index (χ4v) is 4.08. The minimum absolute atomic E-state index is 0.0118. The number of benzene rings is 1. The lowest BCUT2D eigenvalue weighted by molar-refractivity contribution is -0.133. The Balaban J connectivity index is 1.62. The Hall–Kier alpha value is -2.59. The first-order valence-electron chi connectivity index (χ1n) is 10.2. The van der Waals surface area contributed by atoms with Gasteiger partial charge in [-0.25, -0.2) is 4.79 Å². The normalized spacial score (nSPS) is 24.3. The molecule has 0 spiro atoms. The Bertz CT molecular complexity index is 824. The van der Waals surface area contributed by atoms with Gasteiger partial charge in [-0.2, -0.15) is 5.26 Å². The van der Waals surface area contributed by atoms with Gasteiger partial charge in [0.2, 0.25) is 5.91 Å². The highest BCUT2D eigenvalue weighted by molar-refractivity contribution is 5.88. The highest BCUT2D eigenvalue weighted by Crippen LogP contribution is 2.33. The lowest BCUT2D eigenvalue weighted by Crippen LogP contribution is -2.47. The van der Waals surface area contributed by atoms with Crippen molar-refractivity contribution < 1.29 is 19.4 Å². The first-order valence-corrected chi connectivity index (χ1v) is 10.2. The predicted octanol–water partition coefficient (Wildman–Crippen LogP) is 2.70. The third-order valence-electron chi connectivity index (χ3n) is 5.70. The van der Waals surface area contributed by atoms with Gasteiger partial charge in [0.25, 0.3) is 0 Å². The maximum atomic E-state index is 12.7. The summed E-state index contributed by atoms with van der Waals surface area (Å²) in [6, 6.07) is 6.62. The molecule has 29 heavy (non-hydrogen) atoms. The highest BCUT2D eigenvalue weighted by atomic mass is 16.5. The number of carbonyl (C=O) groups excluding carboxylic acids is 1. The molecule has 0 aromatic heterocycles.